The van der Waals surface area contributed by atoms with E-state index in [1.807, 2.05) is 6.07 Å². The quantitative estimate of drug-likeness (QED) is 0.769. The molecule has 0 heterocycles. The average Bonchev–Trinajstić information content (AvgIpc) is 2.36. The SMILES string of the molecule is CC(CC(N)=O)NC(=O)COc1ccc(C#N)cc1. The summed E-state index contributed by atoms with van der Waals surface area (Å²) in [4.78, 5) is 22.1. The molecule has 0 aliphatic rings. The summed E-state index contributed by atoms with van der Waals surface area (Å²) in [6.07, 6.45) is 0.0859. The van der Waals surface area contributed by atoms with Gasteiger partial charge < -0.3 is 15.8 Å². The van der Waals surface area contributed by atoms with Crippen LogP contribution >= 0.6 is 0 Å². The van der Waals surface area contributed by atoms with Crippen LogP contribution in [0.3, 0.4) is 0 Å². The number of amides is 2. The number of nitrogens with zero attached hydrogens (tertiary/aromatic N) is 1. The van der Waals surface area contributed by atoms with E-state index in [0.29, 0.717) is 11.3 Å². The topological polar surface area (TPSA) is 105 Å². The summed E-state index contributed by atoms with van der Waals surface area (Å²) >= 11 is 0. The molecule has 0 spiro atoms. The molecule has 0 fully saturated rings. The van der Waals surface area contributed by atoms with Gasteiger partial charge in [0.05, 0.1) is 11.6 Å². The molecule has 1 aromatic rings. The smallest absolute Gasteiger partial charge is 0.258 e. The molecule has 0 aliphatic carbocycles. The number of primary amides is 1. The molecular formula is C13H15N3O3. The Hall–Kier alpha value is -2.55. The van der Waals surface area contributed by atoms with Gasteiger partial charge in [0.25, 0.3) is 5.91 Å². The Morgan fingerprint density at radius 2 is 2.05 bits per heavy atom. The Kier molecular flexibility index (Phi) is 5.35. The van der Waals surface area contributed by atoms with E-state index in [1.165, 1.54) is 0 Å². The van der Waals surface area contributed by atoms with Crippen LogP contribution in [0.25, 0.3) is 0 Å². The minimum atomic E-state index is -0.471. The van der Waals surface area contributed by atoms with Crippen LogP contribution in [0.1, 0.15) is 18.9 Å². The molecule has 6 heteroatoms. The van der Waals surface area contributed by atoms with Crippen molar-refractivity contribution < 1.29 is 14.3 Å². The molecule has 0 bridgehead atoms. The third-order valence-electron chi connectivity index (χ3n) is 2.27. The van der Waals surface area contributed by atoms with Crippen molar-refractivity contribution in [2.45, 2.75) is 19.4 Å². The van der Waals surface area contributed by atoms with Crippen molar-refractivity contribution in [3.63, 3.8) is 0 Å². The van der Waals surface area contributed by atoms with E-state index < -0.39 is 5.91 Å². The van der Waals surface area contributed by atoms with Crippen molar-refractivity contribution in [2.75, 3.05) is 6.61 Å². The maximum Gasteiger partial charge on any atom is 0.258 e. The lowest BCUT2D eigenvalue weighted by Gasteiger charge is -2.12. The van der Waals surface area contributed by atoms with E-state index in [0.717, 1.165) is 0 Å². The number of rotatable bonds is 6. The summed E-state index contributed by atoms with van der Waals surface area (Å²) in [6, 6.07) is 8.08. The number of nitrogens with one attached hydrogen (secondary N) is 1. The summed E-state index contributed by atoms with van der Waals surface area (Å²) in [5.41, 5.74) is 5.53. The highest BCUT2D eigenvalue weighted by Gasteiger charge is 2.10. The van der Waals surface area contributed by atoms with Crippen molar-refractivity contribution >= 4 is 11.8 Å². The van der Waals surface area contributed by atoms with E-state index >= 15 is 0 Å². The zero-order valence-corrected chi connectivity index (χ0v) is 10.6. The third kappa shape index (κ3) is 5.55. The standard InChI is InChI=1S/C13H15N3O3/c1-9(6-12(15)17)16-13(18)8-19-11-4-2-10(7-14)3-5-11/h2-5,9H,6,8H2,1H3,(H2,15,17)(H,16,18). The van der Waals surface area contributed by atoms with Gasteiger partial charge in [-0.25, -0.2) is 0 Å². The van der Waals surface area contributed by atoms with Crippen LogP contribution in [-0.4, -0.2) is 24.5 Å². The Morgan fingerprint density at radius 1 is 1.42 bits per heavy atom. The van der Waals surface area contributed by atoms with Crippen LogP contribution in [0.4, 0.5) is 0 Å². The van der Waals surface area contributed by atoms with Gasteiger partial charge in [-0.1, -0.05) is 0 Å². The van der Waals surface area contributed by atoms with Crippen LogP contribution in [0.5, 0.6) is 5.75 Å². The first-order valence-electron chi connectivity index (χ1n) is 5.72. The highest BCUT2D eigenvalue weighted by Crippen LogP contribution is 2.11. The van der Waals surface area contributed by atoms with Crippen molar-refractivity contribution in [3.8, 4) is 11.8 Å². The van der Waals surface area contributed by atoms with E-state index in [4.69, 9.17) is 15.7 Å². The highest BCUT2D eigenvalue weighted by atomic mass is 16.5. The fraction of sp³-hybridized carbons (Fsp3) is 0.308. The Labute approximate surface area is 111 Å². The molecule has 0 radical (unpaired) electrons. The predicted octanol–water partition coefficient (Wildman–Crippen LogP) is 0.317. The molecule has 1 atom stereocenters. The summed E-state index contributed by atoms with van der Waals surface area (Å²) < 4.78 is 5.24. The number of nitriles is 1. The van der Waals surface area contributed by atoms with Gasteiger partial charge in [-0.2, -0.15) is 5.26 Å². The van der Waals surface area contributed by atoms with Crippen molar-refractivity contribution in [3.05, 3.63) is 29.8 Å². The fourth-order valence-electron chi connectivity index (χ4n) is 1.44. The molecule has 1 unspecified atom stereocenters. The van der Waals surface area contributed by atoms with E-state index in [1.54, 1.807) is 31.2 Å². The zero-order valence-electron chi connectivity index (χ0n) is 10.6. The fourth-order valence-corrected chi connectivity index (χ4v) is 1.44. The number of hydrogen-bond donors (Lipinski definition) is 2. The molecule has 3 N–H and O–H groups in total. The lowest BCUT2D eigenvalue weighted by molar-refractivity contribution is -0.124. The Balaban J connectivity index is 2.37. The average molecular weight is 261 g/mol. The Morgan fingerprint density at radius 3 is 2.58 bits per heavy atom. The van der Waals surface area contributed by atoms with Gasteiger partial charge in [-0.15, -0.1) is 0 Å². The summed E-state index contributed by atoms with van der Waals surface area (Å²) in [6.45, 7) is 1.53. The van der Waals surface area contributed by atoms with Crippen LogP contribution in [0.15, 0.2) is 24.3 Å². The van der Waals surface area contributed by atoms with Gasteiger partial charge in [0.2, 0.25) is 5.91 Å². The number of carbonyl (C=O) groups excluding carboxylic acids is 2. The predicted molar refractivity (Wildman–Crippen MR) is 68.1 cm³/mol. The number of ether oxygens (including phenoxy) is 1. The molecule has 1 aromatic carbocycles. The molecule has 2 amide bonds. The minimum absolute atomic E-state index is 0.0859. The molecule has 6 nitrogen and oxygen atoms in total. The Bertz CT molecular complexity index is 491. The van der Waals surface area contributed by atoms with E-state index in [9.17, 15) is 9.59 Å². The zero-order chi connectivity index (χ0) is 14.3. The van der Waals surface area contributed by atoms with Crippen molar-refractivity contribution in [1.82, 2.24) is 5.32 Å². The first-order valence-corrected chi connectivity index (χ1v) is 5.72. The second-order valence-electron chi connectivity index (χ2n) is 4.06. The summed E-state index contributed by atoms with van der Waals surface area (Å²) in [7, 11) is 0. The lowest BCUT2D eigenvalue weighted by Crippen LogP contribution is -2.38. The van der Waals surface area contributed by atoms with E-state index in [2.05, 4.69) is 5.32 Å². The molecule has 19 heavy (non-hydrogen) atoms. The minimum Gasteiger partial charge on any atom is -0.484 e. The van der Waals surface area contributed by atoms with Crippen LogP contribution in [-0.2, 0) is 9.59 Å². The molecule has 0 saturated heterocycles. The molecule has 1 rings (SSSR count). The van der Waals surface area contributed by atoms with Crippen molar-refractivity contribution in [1.29, 1.82) is 5.26 Å². The molecule has 100 valence electrons. The number of hydrogen-bond acceptors (Lipinski definition) is 4. The number of nitrogens with two attached hydrogens (primary N) is 1. The van der Waals surface area contributed by atoms with Gasteiger partial charge in [0.15, 0.2) is 6.61 Å². The molecule has 0 aliphatic heterocycles. The maximum absolute atomic E-state index is 11.5. The van der Waals surface area contributed by atoms with Crippen LogP contribution in [0, 0.1) is 11.3 Å². The summed E-state index contributed by atoms with van der Waals surface area (Å²) in [5.74, 6) is -0.310. The number of carbonyl (C=O) groups is 2. The van der Waals surface area contributed by atoms with Gasteiger partial charge in [-0.05, 0) is 31.2 Å². The van der Waals surface area contributed by atoms with Gasteiger partial charge in [0, 0.05) is 12.5 Å². The molecular weight excluding hydrogens is 246 g/mol. The van der Waals surface area contributed by atoms with Crippen LogP contribution < -0.4 is 15.8 Å². The maximum atomic E-state index is 11.5. The normalized spacial score (nSPS) is 11.2. The van der Waals surface area contributed by atoms with Crippen molar-refractivity contribution in [2.24, 2.45) is 5.73 Å². The van der Waals surface area contributed by atoms with E-state index in [-0.39, 0.29) is 25.0 Å². The molecule has 0 aromatic heterocycles. The lowest BCUT2D eigenvalue weighted by atomic mass is 10.2. The first kappa shape index (κ1) is 14.5. The molecule has 0 saturated carbocycles. The second-order valence-corrected chi connectivity index (χ2v) is 4.06. The second kappa shape index (κ2) is 7.01. The number of benzene rings is 1. The van der Waals surface area contributed by atoms with Gasteiger partial charge in [-0.3, -0.25) is 9.59 Å². The largest absolute Gasteiger partial charge is 0.484 e. The highest BCUT2D eigenvalue weighted by molar-refractivity contribution is 5.79. The van der Waals surface area contributed by atoms with Gasteiger partial charge in [0.1, 0.15) is 5.75 Å². The van der Waals surface area contributed by atoms with Gasteiger partial charge >= 0.3 is 0 Å². The summed E-state index contributed by atoms with van der Waals surface area (Å²) in [5, 5.41) is 11.2. The third-order valence-corrected chi connectivity index (χ3v) is 2.27. The van der Waals surface area contributed by atoms with Crippen LogP contribution in [0.2, 0.25) is 0 Å². The monoisotopic (exact) mass is 261 g/mol. The first-order chi connectivity index (χ1) is 9.01.